The number of nitrogens with zero attached hydrogens (tertiary/aromatic N) is 1. The topological polar surface area (TPSA) is 49.8 Å². The molecule has 0 aromatic heterocycles. The number of aryl methyl sites for hydroxylation is 1. The van der Waals surface area contributed by atoms with Crippen molar-refractivity contribution in [2.75, 3.05) is 13.6 Å². The zero-order valence-corrected chi connectivity index (χ0v) is 17.4. The van der Waals surface area contributed by atoms with E-state index in [1.807, 2.05) is 42.4 Å². The number of benzene rings is 1. The van der Waals surface area contributed by atoms with Gasteiger partial charge in [0, 0.05) is 19.0 Å². The van der Waals surface area contributed by atoms with E-state index in [0.717, 1.165) is 37.7 Å². The van der Waals surface area contributed by atoms with E-state index in [0.29, 0.717) is 30.0 Å². The lowest BCUT2D eigenvalue weighted by molar-refractivity contribution is -0.153. The van der Waals surface area contributed by atoms with Crippen LogP contribution in [0.25, 0.3) is 0 Å². The fraction of sp³-hybridized carbons (Fsp3) is 0.560. The van der Waals surface area contributed by atoms with Gasteiger partial charge in [0.2, 0.25) is 0 Å². The molecular weight excluding hydrogens is 362 g/mol. The first-order valence-corrected chi connectivity index (χ1v) is 11.1. The molecule has 0 spiro atoms. The first-order valence-electron chi connectivity index (χ1n) is 11.1. The van der Waals surface area contributed by atoms with E-state index < -0.39 is 0 Å². The molecule has 5 atom stereocenters. The Hall–Kier alpha value is -2.23. The van der Waals surface area contributed by atoms with Crippen molar-refractivity contribution in [3.05, 3.63) is 53.3 Å². The average molecular weight is 394 g/mol. The van der Waals surface area contributed by atoms with Crippen LogP contribution in [0.2, 0.25) is 0 Å². The SMILES string of the molecule is CN1C=CC=C(C(=O)O[C@H]2CCC3C4CCc5cc(O)ccc5C4CCC32C)C1. The maximum atomic E-state index is 12.8. The highest BCUT2D eigenvalue weighted by molar-refractivity contribution is 5.89. The number of ether oxygens (including phenoxy) is 1. The van der Waals surface area contributed by atoms with E-state index in [9.17, 15) is 9.90 Å². The van der Waals surface area contributed by atoms with E-state index in [-0.39, 0.29) is 17.5 Å². The molecular formula is C25H31NO3. The number of fused-ring (bicyclic) bond motifs is 5. The van der Waals surface area contributed by atoms with Gasteiger partial charge in [-0.25, -0.2) is 4.79 Å². The Balaban J connectivity index is 1.34. The Kier molecular flexibility index (Phi) is 4.49. The normalized spacial score (nSPS) is 35.4. The van der Waals surface area contributed by atoms with Gasteiger partial charge >= 0.3 is 5.97 Å². The second kappa shape index (κ2) is 6.93. The monoisotopic (exact) mass is 393 g/mol. The van der Waals surface area contributed by atoms with Crippen molar-refractivity contribution < 1.29 is 14.6 Å². The molecule has 1 aliphatic heterocycles. The quantitative estimate of drug-likeness (QED) is 0.749. The molecule has 4 aliphatic rings. The minimum atomic E-state index is -0.139. The predicted octanol–water partition coefficient (Wildman–Crippen LogP) is 4.55. The summed E-state index contributed by atoms with van der Waals surface area (Å²) < 4.78 is 6.14. The van der Waals surface area contributed by atoms with E-state index in [2.05, 4.69) is 13.0 Å². The van der Waals surface area contributed by atoms with E-state index in [1.165, 1.54) is 17.5 Å². The van der Waals surface area contributed by atoms with Gasteiger partial charge in [-0.3, -0.25) is 0 Å². The third-order valence-corrected chi connectivity index (χ3v) is 8.19. The number of allylic oxidation sites excluding steroid dienone is 2. The molecule has 2 saturated carbocycles. The minimum absolute atomic E-state index is 0.0271. The van der Waals surface area contributed by atoms with Crippen LogP contribution in [-0.2, 0) is 16.0 Å². The fourth-order valence-electron chi connectivity index (χ4n) is 6.73. The van der Waals surface area contributed by atoms with Crippen LogP contribution in [0.3, 0.4) is 0 Å². The van der Waals surface area contributed by atoms with Gasteiger partial charge in [-0.1, -0.05) is 13.0 Å². The first kappa shape index (κ1) is 18.8. The molecule has 1 heterocycles. The maximum absolute atomic E-state index is 12.8. The number of carbonyl (C=O) groups excluding carboxylic acids is 1. The number of aromatic hydroxyl groups is 1. The third kappa shape index (κ3) is 3.08. The van der Waals surface area contributed by atoms with Crippen LogP contribution < -0.4 is 0 Å². The molecule has 4 unspecified atom stereocenters. The molecule has 29 heavy (non-hydrogen) atoms. The molecule has 2 fully saturated rings. The average Bonchev–Trinajstić information content (AvgIpc) is 3.04. The lowest BCUT2D eigenvalue weighted by Gasteiger charge is -2.50. The third-order valence-electron chi connectivity index (χ3n) is 8.19. The highest BCUT2D eigenvalue weighted by atomic mass is 16.5. The number of hydrogen-bond acceptors (Lipinski definition) is 4. The molecule has 0 saturated heterocycles. The number of phenols is 1. The van der Waals surface area contributed by atoms with E-state index in [4.69, 9.17) is 4.74 Å². The number of likely N-dealkylation sites (N-methyl/N-ethyl adjacent to an activating group) is 1. The van der Waals surface area contributed by atoms with Crippen molar-refractivity contribution in [1.29, 1.82) is 0 Å². The van der Waals surface area contributed by atoms with Crippen molar-refractivity contribution in [2.24, 2.45) is 17.3 Å². The van der Waals surface area contributed by atoms with Crippen molar-refractivity contribution in [3.8, 4) is 5.75 Å². The summed E-state index contributed by atoms with van der Waals surface area (Å²) in [7, 11) is 1.98. The number of carbonyl (C=O) groups is 1. The van der Waals surface area contributed by atoms with E-state index >= 15 is 0 Å². The van der Waals surface area contributed by atoms with Crippen LogP contribution in [-0.4, -0.2) is 35.7 Å². The predicted molar refractivity (Wildman–Crippen MR) is 112 cm³/mol. The fourth-order valence-corrected chi connectivity index (χ4v) is 6.73. The molecule has 0 amide bonds. The van der Waals surface area contributed by atoms with E-state index in [1.54, 1.807) is 0 Å². The summed E-state index contributed by atoms with van der Waals surface area (Å²) in [5.41, 5.74) is 3.62. The molecule has 4 nitrogen and oxygen atoms in total. The Morgan fingerprint density at radius 3 is 2.93 bits per heavy atom. The van der Waals surface area contributed by atoms with Gasteiger partial charge in [-0.05, 0) is 97.9 Å². The summed E-state index contributed by atoms with van der Waals surface area (Å²) in [5.74, 6) is 2.11. The van der Waals surface area contributed by atoms with Crippen LogP contribution in [0, 0.1) is 17.3 Å². The van der Waals surface area contributed by atoms with Gasteiger partial charge in [0.05, 0.1) is 5.57 Å². The molecule has 0 bridgehead atoms. The number of rotatable bonds is 2. The lowest BCUT2D eigenvalue weighted by atomic mass is 9.55. The summed E-state index contributed by atoms with van der Waals surface area (Å²) in [6.07, 6.45) is 12.4. The summed E-state index contributed by atoms with van der Waals surface area (Å²) in [6, 6.07) is 5.95. The Morgan fingerprint density at radius 1 is 1.24 bits per heavy atom. The smallest absolute Gasteiger partial charge is 0.336 e. The lowest BCUT2D eigenvalue weighted by Crippen LogP contribution is -2.45. The first-order chi connectivity index (χ1) is 14.0. The van der Waals surface area contributed by atoms with Gasteiger partial charge < -0.3 is 14.7 Å². The molecule has 4 heteroatoms. The second-order valence-corrected chi connectivity index (χ2v) is 9.76. The van der Waals surface area contributed by atoms with Crippen LogP contribution in [0.1, 0.15) is 56.1 Å². The maximum Gasteiger partial charge on any atom is 0.336 e. The van der Waals surface area contributed by atoms with Gasteiger partial charge in [0.1, 0.15) is 11.9 Å². The van der Waals surface area contributed by atoms with Gasteiger partial charge in [-0.2, -0.15) is 0 Å². The van der Waals surface area contributed by atoms with Gasteiger partial charge in [0.25, 0.3) is 0 Å². The molecule has 154 valence electrons. The molecule has 1 aromatic rings. The standard InChI is InChI=1S/C25H31NO3/c1-25-12-11-20-19-8-6-18(27)14-16(19)5-7-21(20)22(25)9-10-23(25)29-24(28)17-4-3-13-26(2)15-17/h3-4,6,8,13-14,20-23,27H,5,7,9-12,15H2,1-2H3/t20?,21?,22?,23-,25?/m0/s1. The van der Waals surface area contributed by atoms with Gasteiger partial charge in [0.15, 0.2) is 0 Å². The number of esters is 1. The summed E-state index contributed by atoms with van der Waals surface area (Å²) in [5, 5.41) is 9.86. The van der Waals surface area contributed by atoms with Crippen LogP contribution >= 0.6 is 0 Å². The zero-order chi connectivity index (χ0) is 20.2. The zero-order valence-electron chi connectivity index (χ0n) is 17.4. The number of phenolic OH excluding ortho intramolecular Hbond substituents is 1. The van der Waals surface area contributed by atoms with Gasteiger partial charge in [-0.15, -0.1) is 0 Å². The van der Waals surface area contributed by atoms with Crippen LogP contribution in [0.5, 0.6) is 5.75 Å². The molecule has 1 aromatic carbocycles. The highest BCUT2D eigenvalue weighted by Gasteiger charge is 2.56. The van der Waals surface area contributed by atoms with Crippen molar-refractivity contribution in [3.63, 3.8) is 0 Å². The highest BCUT2D eigenvalue weighted by Crippen LogP contribution is 2.61. The Bertz CT molecular complexity index is 888. The van der Waals surface area contributed by atoms with Crippen molar-refractivity contribution in [2.45, 2.75) is 57.5 Å². The van der Waals surface area contributed by atoms with Crippen molar-refractivity contribution in [1.82, 2.24) is 4.90 Å². The second-order valence-electron chi connectivity index (χ2n) is 9.76. The summed E-state index contributed by atoms with van der Waals surface area (Å²) in [4.78, 5) is 14.8. The van der Waals surface area contributed by atoms with Crippen LogP contribution in [0.4, 0.5) is 0 Å². The molecule has 3 aliphatic carbocycles. The van der Waals surface area contributed by atoms with Crippen LogP contribution in [0.15, 0.2) is 42.1 Å². The molecule has 5 rings (SSSR count). The molecule has 0 radical (unpaired) electrons. The number of hydrogen-bond donors (Lipinski definition) is 1. The minimum Gasteiger partial charge on any atom is -0.508 e. The summed E-state index contributed by atoms with van der Waals surface area (Å²) >= 11 is 0. The molecule has 1 N–H and O–H groups in total. The summed E-state index contributed by atoms with van der Waals surface area (Å²) in [6.45, 7) is 2.99. The Labute approximate surface area is 173 Å². The largest absolute Gasteiger partial charge is 0.508 e. The van der Waals surface area contributed by atoms with Crippen molar-refractivity contribution >= 4 is 5.97 Å². The Morgan fingerprint density at radius 2 is 2.10 bits per heavy atom.